The van der Waals surface area contributed by atoms with E-state index < -0.39 is 23.4 Å². The van der Waals surface area contributed by atoms with E-state index in [1.54, 1.807) is 0 Å². The predicted octanol–water partition coefficient (Wildman–Crippen LogP) is 5.54. The van der Waals surface area contributed by atoms with Crippen LogP contribution in [0.1, 0.15) is 49.5 Å². The van der Waals surface area contributed by atoms with Gasteiger partial charge in [-0.25, -0.2) is 0 Å². The van der Waals surface area contributed by atoms with E-state index in [4.69, 9.17) is 4.74 Å². The Labute approximate surface area is 179 Å². The quantitative estimate of drug-likeness (QED) is 0.589. The van der Waals surface area contributed by atoms with Gasteiger partial charge in [-0.15, -0.1) is 0 Å². The molecule has 0 amide bonds. The summed E-state index contributed by atoms with van der Waals surface area (Å²) in [4.78, 5) is 0. The highest BCUT2D eigenvalue weighted by Crippen LogP contribution is 2.59. The van der Waals surface area contributed by atoms with Crippen LogP contribution in [-0.4, -0.2) is 10.2 Å². The minimum absolute atomic E-state index is 0.212. The van der Waals surface area contributed by atoms with Crippen molar-refractivity contribution < 1.29 is 14.9 Å². The summed E-state index contributed by atoms with van der Waals surface area (Å²) in [5.41, 5.74) is 1.19. The normalized spacial score (nSPS) is 31.4. The van der Waals surface area contributed by atoms with Gasteiger partial charge in [-0.3, -0.25) is 0 Å². The van der Waals surface area contributed by atoms with Gasteiger partial charge < -0.3 is 14.9 Å². The lowest BCUT2D eigenvalue weighted by Gasteiger charge is -2.56. The maximum Gasteiger partial charge on any atom is 0.199 e. The van der Waals surface area contributed by atoms with Crippen LogP contribution in [0, 0.1) is 11.8 Å². The van der Waals surface area contributed by atoms with Crippen molar-refractivity contribution in [2.75, 3.05) is 0 Å². The van der Waals surface area contributed by atoms with E-state index >= 15 is 0 Å². The van der Waals surface area contributed by atoms with Crippen LogP contribution in [0.4, 0.5) is 0 Å². The van der Waals surface area contributed by atoms with Crippen molar-refractivity contribution in [2.24, 2.45) is 11.8 Å². The third kappa shape index (κ3) is 3.27. The number of rotatable bonds is 5. The van der Waals surface area contributed by atoms with Gasteiger partial charge in [0, 0.05) is 11.5 Å². The number of ether oxygens (including phenoxy) is 1. The Kier molecular flexibility index (Phi) is 5.79. The van der Waals surface area contributed by atoms with E-state index in [9.17, 15) is 10.2 Å². The third-order valence-electron chi connectivity index (χ3n) is 6.64. The van der Waals surface area contributed by atoms with Gasteiger partial charge in [0.1, 0.15) is 5.60 Å². The molecule has 0 aromatic heterocycles. The van der Waals surface area contributed by atoms with Crippen molar-refractivity contribution in [3.05, 3.63) is 108 Å². The van der Waals surface area contributed by atoms with Crippen LogP contribution < -0.4 is 0 Å². The molecule has 1 aliphatic heterocycles. The summed E-state index contributed by atoms with van der Waals surface area (Å²) in [6.07, 6.45) is 0.829. The summed E-state index contributed by atoms with van der Waals surface area (Å²) in [5.74, 6) is -2.36. The fourth-order valence-corrected chi connectivity index (χ4v) is 5.27. The summed E-state index contributed by atoms with van der Waals surface area (Å²) >= 11 is 0. The van der Waals surface area contributed by atoms with Crippen LogP contribution in [-0.2, 0) is 16.1 Å². The summed E-state index contributed by atoms with van der Waals surface area (Å²) in [6.45, 7) is 4.09. The van der Waals surface area contributed by atoms with E-state index in [1.165, 1.54) is 0 Å². The minimum Gasteiger partial charge on any atom is -0.384 e. The summed E-state index contributed by atoms with van der Waals surface area (Å²) in [6, 6.07) is 29.2. The molecule has 0 unspecified atom stereocenters. The molecule has 3 aromatic rings. The zero-order valence-corrected chi connectivity index (χ0v) is 17.6. The van der Waals surface area contributed by atoms with Crippen molar-refractivity contribution in [1.82, 2.24) is 0 Å². The molecule has 3 nitrogen and oxygen atoms in total. The van der Waals surface area contributed by atoms with Gasteiger partial charge in [0.25, 0.3) is 0 Å². The molecule has 156 valence electrons. The van der Waals surface area contributed by atoms with Gasteiger partial charge >= 0.3 is 0 Å². The highest BCUT2D eigenvalue weighted by atomic mass is 16.6. The molecule has 1 saturated heterocycles. The van der Waals surface area contributed by atoms with Crippen LogP contribution in [0.25, 0.3) is 0 Å². The number of aliphatic hydroxyl groups is 2. The van der Waals surface area contributed by atoms with E-state index in [0.29, 0.717) is 18.4 Å². The Morgan fingerprint density at radius 3 is 1.70 bits per heavy atom. The molecule has 0 aliphatic carbocycles. The molecule has 0 saturated carbocycles. The molecule has 0 radical (unpaired) electrons. The van der Waals surface area contributed by atoms with Crippen LogP contribution in [0.15, 0.2) is 91.0 Å². The molecule has 0 bridgehead atoms. The largest absolute Gasteiger partial charge is 0.384 e. The topological polar surface area (TPSA) is 49.7 Å². The third-order valence-corrected chi connectivity index (χ3v) is 6.64. The average molecular weight is 403 g/mol. The fraction of sp³-hybridized carbons (Fsp3) is 0.333. The second-order valence-corrected chi connectivity index (χ2v) is 8.18. The Hall–Kier alpha value is -2.46. The molecule has 5 atom stereocenters. The molecular formula is C27H30O3. The van der Waals surface area contributed by atoms with E-state index in [0.717, 1.165) is 11.1 Å². The van der Waals surface area contributed by atoms with Crippen LogP contribution in [0.3, 0.4) is 0 Å². The van der Waals surface area contributed by atoms with Gasteiger partial charge in [0.15, 0.2) is 5.79 Å². The van der Waals surface area contributed by atoms with Crippen molar-refractivity contribution in [3.63, 3.8) is 0 Å². The maximum absolute atomic E-state index is 12.5. The molecule has 4 rings (SSSR count). The zero-order valence-electron chi connectivity index (χ0n) is 17.6. The Balaban J connectivity index is 1.96. The van der Waals surface area contributed by atoms with E-state index in [1.807, 2.05) is 97.9 Å². The Morgan fingerprint density at radius 2 is 1.20 bits per heavy atom. The van der Waals surface area contributed by atoms with Gasteiger partial charge in [0.05, 0.1) is 12.0 Å². The van der Waals surface area contributed by atoms with Crippen molar-refractivity contribution in [1.29, 1.82) is 0 Å². The summed E-state index contributed by atoms with van der Waals surface area (Å²) in [7, 11) is 0. The van der Waals surface area contributed by atoms with Crippen LogP contribution >= 0.6 is 0 Å². The molecule has 1 fully saturated rings. The highest BCUT2D eigenvalue weighted by Gasteiger charge is 2.61. The fourth-order valence-electron chi connectivity index (χ4n) is 5.27. The molecule has 1 heterocycles. The van der Waals surface area contributed by atoms with Gasteiger partial charge in [-0.2, -0.15) is 0 Å². The first-order valence-electron chi connectivity index (χ1n) is 10.8. The van der Waals surface area contributed by atoms with E-state index in [2.05, 4.69) is 6.92 Å². The molecule has 2 N–H and O–H groups in total. The number of benzene rings is 3. The Bertz CT molecular complexity index is 944. The van der Waals surface area contributed by atoms with E-state index in [-0.39, 0.29) is 5.92 Å². The smallest absolute Gasteiger partial charge is 0.199 e. The monoisotopic (exact) mass is 402 g/mol. The minimum atomic E-state index is -1.62. The second kappa shape index (κ2) is 8.35. The van der Waals surface area contributed by atoms with Gasteiger partial charge in [-0.1, -0.05) is 105 Å². The lowest BCUT2D eigenvalue weighted by Crippen LogP contribution is -2.59. The van der Waals surface area contributed by atoms with Crippen molar-refractivity contribution >= 4 is 0 Å². The first-order chi connectivity index (χ1) is 14.6. The summed E-state index contributed by atoms with van der Waals surface area (Å²) < 4.78 is 6.57. The van der Waals surface area contributed by atoms with Crippen LogP contribution in [0.5, 0.6) is 0 Å². The molecule has 3 aromatic carbocycles. The second-order valence-electron chi connectivity index (χ2n) is 8.18. The molecule has 0 spiro atoms. The predicted molar refractivity (Wildman–Crippen MR) is 119 cm³/mol. The lowest BCUT2D eigenvalue weighted by atomic mass is 9.61. The first-order valence-corrected chi connectivity index (χ1v) is 10.8. The first kappa shape index (κ1) is 20.8. The lowest BCUT2D eigenvalue weighted by molar-refractivity contribution is -0.366. The Morgan fingerprint density at radius 1 is 0.700 bits per heavy atom. The number of hydrogen-bond acceptors (Lipinski definition) is 3. The SMILES string of the molecule is CC[C@@H]1[C@@H](c2ccccc2)O[C@@](O)(c2ccccc2)[C@H](CC)[C@@]1(O)c1ccccc1. The number of hydrogen-bond donors (Lipinski definition) is 2. The van der Waals surface area contributed by atoms with Crippen LogP contribution in [0.2, 0.25) is 0 Å². The maximum atomic E-state index is 12.5. The highest BCUT2D eigenvalue weighted by molar-refractivity contribution is 5.33. The molecule has 30 heavy (non-hydrogen) atoms. The zero-order chi connectivity index (χ0) is 21.2. The van der Waals surface area contributed by atoms with Crippen molar-refractivity contribution in [3.8, 4) is 0 Å². The standard InChI is InChI=1S/C27H30O3/c1-3-23-25(20-14-8-5-9-15-20)30-27(29,22-18-12-7-13-19-22)24(4-2)26(23,28)21-16-10-6-11-17-21/h5-19,23-25,28-29H,3-4H2,1-2H3/t23-,24-,25-,26-,27+/m1/s1. The summed E-state index contributed by atoms with van der Waals surface area (Å²) in [5, 5.41) is 24.5. The van der Waals surface area contributed by atoms with Gasteiger partial charge in [0.2, 0.25) is 0 Å². The molecular weight excluding hydrogens is 372 g/mol. The van der Waals surface area contributed by atoms with Gasteiger partial charge in [-0.05, 0) is 24.0 Å². The van der Waals surface area contributed by atoms with Crippen molar-refractivity contribution in [2.45, 2.75) is 44.2 Å². The molecule has 1 aliphatic rings. The average Bonchev–Trinajstić information content (AvgIpc) is 2.80. The molecule has 3 heteroatoms.